The third-order valence-corrected chi connectivity index (χ3v) is 6.82. The summed E-state index contributed by atoms with van der Waals surface area (Å²) in [6, 6.07) is 14.6. The molecule has 2 aliphatic heterocycles. The second kappa shape index (κ2) is 9.46. The average Bonchev–Trinajstić information content (AvgIpc) is 3.52. The van der Waals surface area contributed by atoms with Crippen molar-refractivity contribution in [1.82, 2.24) is 15.0 Å². The molecule has 0 N–H and O–H groups in total. The van der Waals surface area contributed by atoms with Crippen molar-refractivity contribution in [1.29, 1.82) is 0 Å². The van der Waals surface area contributed by atoms with Gasteiger partial charge in [0, 0.05) is 48.2 Å². The van der Waals surface area contributed by atoms with Gasteiger partial charge in [-0.1, -0.05) is 16.8 Å². The molecular weight excluding hydrogens is 456 g/mol. The maximum atomic E-state index is 13.1. The van der Waals surface area contributed by atoms with Gasteiger partial charge in [-0.2, -0.15) is 4.98 Å². The van der Waals surface area contributed by atoms with Crippen LogP contribution < -0.4 is 9.64 Å². The molecule has 0 radical (unpaired) electrons. The Labute approximate surface area is 202 Å². The summed E-state index contributed by atoms with van der Waals surface area (Å²) in [5.74, 6) is 1.68. The van der Waals surface area contributed by atoms with Gasteiger partial charge in [0.05, 0.1) is 13.0 Å². The van der Waals surface area contributed by atoms with E-state index in [2.05, 4.69) is 10.1 Å². The highest BCUT2D eigenvalue weighted by Gasteiger charge is 2.38. The predicted molar refractivity (Wildman–Crippen MR) is 127 cm³/mol. The van der Waals surface area contributed by atoms with Gasteiger partial charge in [0.25, 0.3) is 5.89 Å². The molecule has 2 fully saturated rings. The second-order valence-corrected chi connectivity index (χ2v) is 9.10. The fourth-order valence-corrected chi connectivity index (χ4v) is 4.74. The number of carbonyl (C=O) groups excluding carboxylic acids is 2. The molecule has 3 heterocycles. The minimum atomic E-state index is -0.326. The molecule has 2 aliphatic rings. The van der Waals surface area contributed by atoms with E-state index < -0.39 is 0 Å². The van der Waals surface area contributed by atoms with Crippen LogP contribution in [-0.2, 0) is 9.59 Å². The first-order valence-corrected chi connectivity index (χ1v) is 11.7. The van der Waals surface area contributed by atoms with Crippen molar-refractivity contribution in [2.24, 2.45) is 5.92 Å². The topological polar surface area (TPSA) is 88.8 Å². The maximum Gasteiger partial charge on any atom is 0.257 e. The monoisotopic (exact) mass is 480 g/mol. The van der Waals surface area contributed by atoms with Crippen LogP contribution in [0.4, 0.5) is 5.69 Å². The molecule has 0 bridgehead atoms. The molecule has 2 amide bonds. The van der Waals surface area contributed by atoms with E-state index in [-0.39, 0.29) is 30.1 Å². The van der Waals surface area contributed by atoms with Crippen LogP contribution in [0.25, 0.3) is 11.5 Å². The molecule has 176 valence electrons. The Hall–Kier alpha value is -3.39. The standard InChI is InChI=1S/C25H25ClN4O4/c1-33-21-8-6-20(7-9-21)30-15-18(14-22(30)31)25(32)29-12-10-16(11-13-29)23-27-24(34-28-23)17-2-4-19(26)5-3-17/h2-9,16,18H,10-15H2,1H3. The molecule has 0 aliphatic carbocycles. The van der Waals surface area contributed by atoms with Gasteiger partial charge < -0.3 is 19.1 Å². The quantitative estimate of drug-likeness (QED) is 0.545. The molecule has 9 heteroatoms. The number of rotatable bonds is 5. The van der Waals surface area contributed by atoms with Crippen molar-refractivity contribution in [3.8, 4) is 17.2 Å². The minimum Gasteiger partial charge on any atom is -0.497 e. The molecular formula is C25H25ClN4O4. The second-order valence-electron chi connectivity index (χ2n) is 8.67. The van der Waals surface area contributed by atoms with Crippen molar-refractivity contribution in [2.45, 2.75) is 25.2 Å². The van der Waals surface area contributed by atoms with Crippen LogP contribution in [0, 0.1) is 5.92 Å². The number of anilines is 1. The van der Waals surface area contributed by atoms with E-state index in [9.17, 15) is 9.59 Å². The lowest BCUT2D eigenvalue weighted by Crippen LogP contribution is -2.42. The number of halogens is 1. The summed E-state index contributed by atoms with van der Waals surface area (Å²) >= 11 is 5.95. The average molecular weight is 481 g/mol. The van der Waals surface area contributed by atoms with Gasteiger partial charge in [-0.3, -0.25) is 9.59 Å². The van der Waals surface area contributed by atoms with Crippen LogP contribution in [0.1, 0.15) is 31.0 Å². The zero-order valence-corrected chi connectivity index (χ0v) is 19.6. The predicted octanol–water partition coefficient (Wildman–Crippen LogP) is 4.16. The lowest BCUT2D eigenvalue weighted by atomic mass is 9.95. The summed E-state index contributed by atoms with van der Waals surface area (Å²) in [4.78, 5) is 33.9. The lowest BCUT2D eigenvalue weighted by Gasteiger charge is -2.32. The van der Waals surface area contributed by atoms with E-state index in [0.717, 1.165) is 29.8 Å². The molecule has 0 saturated carbocycles. The highest BCUT2D eigenvalue weighted by Crippen LogP contribution is 2.32. The highest BCUT2D eigenvalue weighted by atomic mass is 35.5. The zero-order chi connectivity index (χ0) is 23.7. The SMILES string of the molecule is COc1ccc(N2CC(C(=O)N3CCC(c4noc(-c5ccc(Cl)cc5)n4)CC3)CC2=O)cc1. The van der Waals surface area contributed by atoms with Gasteiger partial charge in [0.2, 0.25) is 11.8 Å². The number of nitrogens with zero attached hydrogens (tertiary/aromatic N) is 4. The summed E-state index contributed by atoms with van der Waals surface area (Å²) in [7, 11) is 1.60. The molecule has 1 unspecified atom stereocenters. The Morgan fingerprint density at radius 3 is 2.47 bits per heavy atom. The van der Waals surface area contributed by atoms with Crippen molar-refractivity contribution >= 4 is 29.1 Å². The van der Waals surface area contributed by atoms with Crippen LogP contribution in [0.2, 0.25) is 5.02 Å². The third kappa shape index (κ3) is 4.50. The van der Waals surface area contributed by atoms with Gasteiger partial charge in [0.1, 0.15) is 5.75 Å². The largest absolute Gasteiger partial charge is 0.497 e. The Morgan fingerprint density at radius 1 is 1.09 bits per heavy atom. The van der Waals surface area contributed by atoms with Gasteiger partial charge >= 0.3 is 0 Å². The molecule has 2 saturated heterocycles. The van der Waals surface area contributed by atoms with E-state index in [1.807, 2.05) is 41.3 Å². The van der Waals surface area contributed by atoms with Gasteiger partial charge in [-0.15, -0.1) is 0 Å². The molecule has 1 atom stereocenters. The van der Waals surface area contributed by atoms with Crippen molar-refractivity contribution in [3.63, 3.8) is 0 Å². The molecule has 2 aromatic carbocycles. The zero-order valence-electron chi connectivity index (χ0n) is 18.8. The van der Waals surface area contributed by atoms with E-state index in [0.29, 0.717) is 36.4 Å². The van der Waals surface area contributed by atoms with Crippen molar-refractivity contribution in [2.75, 3.05) is 31.6 Å². The Bertz CT molecular complexity index is 1170. The fraction of sp³-hybridized carbons (Fsp3) is 0.360. The van der Waals surface area contributed by atoms with E-state index in [1.165, 1.54) is 0 Å². The minimum absolute atomic E-state index is 0.0278. The molecule has 1 aromatic heterocycles. The van der Waals surface area contributed by atoms with Crippen LogP contribution >= 0.6 is 11.6 Å². The Balaban J connectivity index is 1.18. The highest BCUT2D eigenvalue weighted by molar-refractivity contribution is 6.30. The number of hydrogen-bond acceptors (Lipinski definition) is 6. The number of piperidine rings is 1. The van der Waals surface area contributed by atoms with Crippen molar-refractivity contribution < 1.29 is 18.8 Å². The van der Waals surface area contributed by atoms with E-state index >= 15 is 0 Å². The number of amides is 2. The molecule has 0 spiro atoms. The first-order chi connectivity index (χ1) is 16.5. The lowest BCUT2D eigenvalue weighted by molar-refractivity contribution is -0.136. The van der Waals surface area contributed by atoms with Gasteiger partial charge in [0.15, 0.2) is 5.82 Å². The first kappa shape index (κ1) is 22.4. The van der Waals surface area contributed by atoms with Crippen LogP contribution in [0.3, 0.4) is 0 Å². The number of hydrogen-bond donors (Lipinski definition) is 0. The van der Waals surface area contributed by atoms with E-state index in [1.54, 1.807) is 24.1 Å². The summed E-state index contributed by atoms with van der Waals surface area (Å²) in [5, 5.41) is 4.82. The van der Waals surface area contributed by atoms with Crippen LogP contribution in [0.5, 0.6) is 5.75 Å². The van der Waals surface area contributed by atoms with Crippen LogP contribution in [0.15, 0.2) is 53.1 Å². The van der Waals surface area contributed by atoms with Crippen LogP contribution in [-0.4, -0.2) is 53.6 Å². The van der Waals surface area contributed by atoms with Crippen molar-refractivity contribution in [3.05, 3.63) is 59.4 Å². The number of ether oxygens (including phenoxy) is 1. The number of methoxy groups -OCH3 is 1. The molecule has 34 heavy (non-hydrogen) atoms. The summed E-state index contributed by atoms with van der Waals surface area (Å²) in [6.07, 6.45) is 1.75. The number of benzene rings is 2. The Morgan fingerprint density at radius 2 is 1.79 bits per heavy atom. The smallest absolute Gasteiger partial charge is 0.257 e. The number of aromatic nitrogens is 2. The molecule has 3 aromatic rings. The van der Waals surface area contributed by atoms with Gasteiger partial charge in [-0.25, -0.2) is 0 Å². The fourth-order valence-electron chi connectivity index (χ4n) is 4.61. The van der Waals surface area contributed by atoms with Gasteiger partial charge in [-0.05, 0) is 61.4 Å². The summed E-state index contributed by atoms with van der Waals surface area (Å²) < 4.78 is 10.6. The maximum absolute atomic E-state index is 13.1. The normalized spacial score (nSPS) is 19.0. The Kier molecular flexibility index (Phi) is 6.24. The summed E-state index contributed by atoms with van der Waals surface area (Å²) in [5.41, 5.74) is 1.61. The number of likely N-dealkylation sites (tertiary alicyclic amines) is 1. The molecule has 5 rings (SSSR count). The molecule has 8 nitrogen and oxygen atoms in total. The number of carbonyl (C=O) groups is 2. The van der Waals surface area contributed by atoms with E-state index in [4.69, 9.17) is 20.9 Å². The first-order valence-electron chi connectivity index (χ1n) is 11.3. The third-order valence-electron chi connectivity index (χ3n) is 6.56. The summed E-state index contributed by atoms with van der Waals surface area (Å²) in [6.45, 7) is 1.63.